The van der Waals surface area contributed by atoms with Gasteiger partial charge < -0.3 is 10.6 Å². The highest BCUT2D eigenvalue weighted by Gasteiger charge is 2.09. The van der Waals surface area contributed by atoms with Crippen molar-refractivity contribution in [1.82, 2.24) is 5.32 Å². The van der Waals surface area contributed by atoms with Crippen molar-refractivity contribution in [1.29, 1.82) is 0 Å². The van der Waals surface area contributed by atoms with Crippen molar-refractivity contribution in [3.63, 3.8) is 0 Å². The molecule has 0 heterocycles. The molecule has 2 rings (SSSR count). The molecule has 0 radical (unpaired) electrons. The Bertz CT molecular complexity index is 775. The fraction of sp³-hybridized carbons (Fsp3) is 0.300. The minimum atomic E-state index is -0.125. The van der Waals surface area contributed by atoms with Gasteiger partial charge in [-0.15, -0.1) is 11.8 Å². The van der Waals surface area contributed by atoms with Crippen LogP contribution in [0.5, 0.6) is 0 Å². The highest BCUT2D eigenvalue weighted by molar-refractivity contribution is 7.99. The first-order chi connectivity index (χ1) is 12.9. The number of carbonyl (C=O) groups is 2. The quantitative estimate of drug-likeness (QED) is 0.607. The fourth-order valence-electron chi connectivity index (χ4n) is 2.22. The van der Waals surface area contributed by atoms with Gasteiger partial charge in [0.2, 0.25) is 5.91 Å². The molecule has 0 aliphatic carbocycles. The van der Waals surface area contributed by atoms with Crippen molar-refractivity contribution in [2.75, 3.05) is 17.6 Å². The summed E-state index contributed by atoms with van der Waals surface area (Å²) in [7, 11) is 0. The molecule has 0 saturated carbocycles. The van der Waals surface area contributed by atoms with Crippen LogP contribution in [-0.2, 0) is 10.5 Å². The van der Waals surface area contributed by atoms with E-state index in [0.717, 1.165) is 5.56 Å². The first-order valence-electron chi connectivity index (χ1n) is 8.55. The average molecular weight is 425 g/mol. The summed E-state index contributed by atoms with van der Waals surface area (Å²) in [6, 6.07) is 12.2. The number of benzene rings is 2. The minimum Gasteiger partial charge on any atom is -0.352 e. The Hall–Kier alpha value is -1.69. The molecule has 0 aliphatic heterocycles. The lowest BCUT2D eigenvalue weighted by molar-refractivity contribution is -0.113. The molecule has 2 N–H and O–H groups in total. The molecule has 4 nitrogen and oxygen atoms in total. The summed E-state index contributed by atoms with van der Waals surface area (Å²) in [6.45, 7) is 4.71. The van der Waals surface area contributed by atoms with E-state index < -0.39 is 0 Å². The summed E-state index contributed by atoms with van der Waals surface area (Å²) < 4.78 is 0. The summed E-state index contributed by atoms with van der Waals surface area (Å²) in [5.41, 5.74) is 2.04. The third-order valence-electron chi connectivity index (χ3n) is 3.64. The molecule has 0 bridgehead atoms. The van der Waals surface area contributed by atoms with Crippen LogP contribution in [-0.4, -0.2) is 24.1 Å². The van der Waals surface area contributed by atoms with Crippen LogP contribution < -0.4 is 10.6 Å². The second kappa shape index (κ2) is 10.6. The third-order valence-corrected chi connectivity index (χ3v) is 5.31. The molecule has 0 spiro atoms. The molecule has 2 aromatic rings. The van der Waals surface area contributed by atoms with Gasteiger partial charge in [-0.25, -0.2) is 0 Å². The maximum absolute atomic E-state index is 12.1. The van der Waals surface area contributed by atoms with Gasteiger partial charge in [-0.3, -0.25) is 9.59 Å². The van der Waals surface area contributed by atoms with Crippen LogP contribution in [0, 0.1) is 5.92 Å². The predicted molar refractivity (Wildman–Crippen MR) is 115 cm³/mol. The maximum atomic E-state index is 12.1. The zero-order valence-corrected chi connectivity index (χ0v) is 17.5. The molecule has 144 valence electrons. The third kappa shape index (κ3) is 7.09. The topological polar surface area (TPSA) is 58.2 Å². The molecule has 0 aromatic heterocycles. The summed E-state index contributed by atoms with van der Waals surface area (Å²) >= 11 is 13.7. The zero-order chi connectivity index (χ0) is 19.8. The summed E-state index contributed by atoms with van der Waals surface area (Å²) in [6.07, 6.45) is 0. The number of hydrogen-bond acceptors (Lipinski definition) is 3. The van der Waals surface area contributed by atoms with E-state index in [9.17, 15) is 9.59 Å². The van der Waals surface area contributed by atoms with Gasteiger partial charge in [0.15, 0.2) is 0 Å². The van der Waals surface area contributed by atoms with Crippen molar-refractivity contribution in [3.05, 3.63) is 63.6 Å². The predicted octanol–water partition coefficient (Wildman–Crippen LogP) is 5.25. The largest absolute Gasteiger partial charge is 0.352 e. The van der Waals surface area contributed by atoms with Gasteiger partial charge in [-0.1, -0.05) is 43.1 Å². The van der Waals surface area contributed by atoms with E-state index in [0.29, 0.717) is 39.5 Å². The maximum Gasteiger partial charge on any atom is 0.251 e. The van der Waals surface area contributed by atoms with Gasteiger partial charge in [-0.05, 0) is 47.9 Å². The normalized spacial score (nSPS) is 10.7. The van der Waals surface area contributed by atoms with Gasteiger partial charge in [0.25, 0.3) is 5.91 Å². The first-order valence-corrected chi connectivity index (χ1v) is 10.5. The smallest absolute Gasteiger partial charge is 0.251 e. The molecular formula is C20H22Cl2N2O2S. The lowest BCUT2D eigenvalue weighted by atomic mass is 10.1. The average Bonchev–Trinajstić information content (AvgIpc) is 2.62. The number of amides is 2. The van der Waals surface area contributed by atoms with Gasteiger partial charge in [0, 0.05) is 33.6 Å². The van der Waals surface area contributed by atoms with Crippen molar-refractivity contribution in [2.24, 2.45) is 5.92 Å². The van der Waals surface area contributed by atoms with Crippen molar-refractivity contribution >= 4 is 52.5 Å². The Labute approximate surface area is 174 Å². The lowest BCUT2D eigenvalue weighted by Crippen LogP contribution is -2.27. The van der Waals surface area contributed by atoms with Crippen LogP contribution >= 0.6 is 35.0 Å². The van der Waals surface area contributed by atoms with E-state index in [1.807, 2.05) is 13.8 Å². The van der Waals surface area contributed by atoms with Crippen LogP contribution in [0.3, 0.4) is 0 Å². The Kier molecular flexibility index (Phi) is 8.48. The van der Waals surface area contributed by atoms with E-state index in [4.69, 9.17) is 23.2 Å². The SMILES string of the molecule is CC(C)CNC(=O)c1ccc(NC(=O)CSCc2c(Cl)cccc2Cl)cc1. The minimum absolute atomic E-state index is 0.117. The van der Waals surface area contributed by atoms with Crippen LogP contribution in [0.15, 0.2) is 42.5 Å². The molecule has 0 unspecified atom stereocenters. The molecule has 2 amide bonds. The second-order valence-electron chi connectivity index (χ2n) is 6.42. The molecule has 0 saturated heterocycles. The number of nitrogens with one attached hydrogen (secondary N) is 2. The van der Waals surface area contributed by atoms with Crippen LogP contribution in [0.25, 0.3) is 0 Å². The zero-order valence-electron chi connectivity index (χ0n) is 15.2. The number of anilines is 1. The van der Waals surface area contributed by atoms with Crippen LogP contribution in [0.1, 0.15) is 29.8 Å². The van der Waals surface area contributed by atoms with Crippen molar-refractivity contribution in [2.45, 2.75) is 19.6 Å². The lowest BCUT2D eigenvalue weighted by Gasteiger charge is -2.09. The Balaban J connectivity index is 1.81. The Morgan fingerprint density at radius 1 is 1.04 bits per heavy atom. The van der Waals surface area contributed by atoms with Crippen molar-refractivity contribution < 1.29 is 9.59 Å². The van der Waals surface area contributed by atoms with Crippen LogP contribution in [0.4, 0.5) is 5.69 Å². The summed E-state index contributed by atoms with van der Waals surface area (Å²) in [5, 5.41) is 6.87. The van der Waals surface area contributed by atoms with E-state index in [2.05, 4.69) is 10.6 Å². The van der Waals surface area contributed by atoms with E-state index in [1.54, 1.807) is 42.5 Å². The molecule has 2 aromatic carbocycles. The monoisotopic (exact) mass is 424 g/mol. The van der Waals surface area contributed by atoms with Gasteiger partial charge in [0.1, 0.15) is 0 Å². The van der Waals surface area contributed by atoms with Gasteiger partial charge >= 0.3 is 0 Å². The standard InChI is InChI=1S/C20H22Cl2N2O2S/c1-13(2)10-23-20(26)14-6-8-15(9-7-14)24-19(25)12-27-11-16-17(21)4-3-5-18(16)22/h3-9,13H,10-12H2,1-2H3,(H,23,26)(H,24,25). The van der Waals surface area contributed by atoms with Crippen molar-refractivity contribution in [3.8, 4) is 0 Å². The Morgan fingerprint density at radius 3 is 2.26 bits per heavy atom. The van der Waals surface area contributed by atoms with Gasteiger partial charge in [-0.2, -0.15) is 0 Å². The molecule has 0 fully saturated rings. The second-order valence-corrected chi connectivity index (χ2v) is 8.22. The van der Waals surface area contributed by atoms with Gasteiger partial charge in [0.05, 0.1) is 5.75 Å². The number of thioether (sulfide) groups is 1. The number of rotatable bonds is 8. The molecular weight excluding hydrogens is 403 g/mol. The number of halogens is 2. The summed E-state index contributed by atoms with van der Waals surface area (Å²) in [4.78, 5) is 24.1. The highest BCUT2D eigenvalue weighted by atomic mass is 35.5. The van der Waals surface area contributed by atoms with E-state index in [-0.39, 0.29) is 17.6 Å². The Morgan fingerprint density at radius 2 is 1.67 bits per heavy atom. The number of carbonyl (C=O) groups excluding carboxylic acids is 2. The fourth-order valence-corrected chi connectivity index (χ4v) is 3.78. The van der Waals surface area contributed by atoms with E-state index in [1.165, 1.54) is 11.8 Å². The summed E-state index contributed by atoms with van der Waals surface area (Å²) in [5.74, 6) is 0.985. The molecule has 0 atom stereocenters. The molecule has 7 heteroatoms. The van der Waals surface area contributed by atoms with Crippen LogP contribution in [0.2, 0.25) is 10.0 Å². The van der Waals surface area contributed by atoms with E-state index >= 15 is 0 Å². The highest BCUT2D eigenvalue weighted by Crippen LogP contribution is 2.28. The number of hydrogen-bond donors (Lipinski definition) is 2. The first kappa shape index (κ1) is 21.6. The molecule has 27 heavy (non-hydrogen) atoms. The molecule has 0 aliphatic rings.